The molecule has 0 saturated carbocycles. The molecule has 0 unspecified atom stereocenters. The van der Waals surface area contributed by atoms with Crippen LogP contribution in [0.25, 0.3) is 0 Å². The number of rotatable bonds is 3. The van der Waals surface area contributed by atoms with Crippen LogP contribution >= 0.6 is 0 Å². The number of esters is 1. The van der Waals surface area contributed by atoms with Crippen molar-refractivity contribution in [1.29, 1.82) is 0 Å². The molecule has 1 aromatic carbocycles. The van der Waals surface area contributed by atoms with Crippen molar-refractivity contribution in [2.24, 2.45) is 0 Å². The maximum atomic E-state index is 10.7. The molecule has 0 saturated heterocycles. The van der Waals surface area contributed by atoms with E-state index in [1.807, 2.05) is 0 Å². The van der Waals surface area contributed by atoms with Gasteiger partial charge in [0.15, 0.2) is 0 Å². The quantitative estimate of drug-likeness (QED) is 0.618. The first kappa shape index (κ1) is 11.7. The molecule has 0 aliphatic rings. The van der Waals surface area contributed by atoms with Gasteiger partial charge in [-0.05, 0) is 17.7 Å². The summed E-state index contributed by atoms with van der Waals surface area (Å²) in [7, 11) is -4.16. The Morgan fingerprint density at radius 1 is 1.33 bits per heavy atom. The van der Waals surface area contributed by atoms with Gasteiger partial charge in [0.05, 0.1) is 4.90 Å². The standard InChI is InChI=1S/C9H10O5S/c1-7(10)14-6-8-2-4-9(5-3-8)15(11,12)13/h2-5H,6H2,1H3,(H,11,12,13). The van der Waals surface area contributed by atoms with Crippen LogP contribution in [0.2, 0.25) is 0 Å². The highest BCUT2D eigenvalue weighted by molar-refractivity contribution is 7.85. The van der Waals surface area contributed by atoms with E-state index in [0.29, 0.717) is 5.56 Å². The summed E-state index contributed by atoms with van der Waals surface area (Å²) in [6.45, 7) is 1.37. The van der Waals surface area contributed by atoms with Gasteiger partial charge < -0.3 is 4.74 Å². The van der Waals surface area contributed by atoms with Gasteiger partial charge in [-0.1, -0.05) is 12.1 Å². The Morgan fingerprint density at radius 3 is 2.27 bits per heavy atom. The molecule has 82 valence electrons. The topological polar surface area (TPSA) is 80.7 Å². The lowest BCUT2D eigenvalue weighted by Crippen LogP contribution is -2.00. The highest BCUT2D eigenvalue weighted by Gasteiger charge is 2.08. The summed E-state index contributed by atoms with van der Waals surface area (Å²) < 4.78 is 34.7. The third kappa shape index (κ3) is 3.69. The largest absolute Gasteiger partial charge is 0.461 e. The minimum Gasteiger partial charge on any atom is -0.461 e. The molecular weight excluding hydrogens is 220 g/mol. The van der Waals surface area contributed by atoms with E-state index in [9.17, 15) is 13.2 Å². The van der Waals surface area contributed by atoms with E-state index < -0.39 is 16.1 Å². The fourth-order valence-corrected chi connectivity index (χ4v) is 1.42. The highest BCUT2D eigenvalue weighted by Crippen LogP contribution is 2.10. The number of hydrogen-bond acceptors (Lipinski definition) is 4. The second-order valence-corrected chi connectivity index (χ2v) is 4.32. The number of ether oxygens (including phenoxy) is 1. The number of hydrogen-bond donors (Lipinski definition) is 1. The van der Waals surface area contributed by atoms with Crippen LogP contribution in [0, 0.1) is 0 Å². The van der Waals surface area contributed by atoms with Crippen LogP contribution in [-0.2, 0) is 26.3 Å². The van der Waals surface area contributed by atoms with Crippen LogP contribution in [0.4, 0.5) is 0 Å². The predicted molar refractivity (Wildman–Crippen MR) is 51.7 cm³/mol. The first-order valence-corrected chi connectivity index (χ1v) is 5.53. The Bertz CT molecular complexity index is 446. The van der Waals surface area contributed by atoms with E-state index in [1.165, 1.54) is 31.2 Å². The zero-order chi connectivity index (χ0) is 11.5. The lowest BCUT2D eigenvalue weighted by Gasteiger charge is -2.02. The molecule has 0 amide bonds. The molecule has 1 N–H and O–H groups in total. The summed E-state index contributed by atoms with van der Waals surface area (Å²) in [5.74, 6) is -0.408. The Hall–Kier alpha value is -1.40. The molecule has 15 heavy (non-hydrogen) atoms. The summed E-state index contributed by atoms with van der Waals surface area (Å²) in [5, 5.41) is 0. The van der Waals surface area contributed by atoms with Crippen LogP contribution in [0.5, 0.6) is 0 Å². The Kier molecular flexibility index (Phi) is 3.43. The van der Waals surface area contributed by atoms with Crippen LogP contribution in [0.15, 0.2) is 29.2 Å². The lowest BCUT2D eigenvalue weighted by molar-refractivity contribution is -0.142. The zero-order valence-electron chi connectivity index (χ0n) is 8.00. The summed E-state index contributed by atoms with van der Waals surface area (Å²) in [4.78, 5) is 10.3. The average molecular weight is 230 g/mol. The van der Waals surface area contributed by atoms with Gasteiger partial charge in [0.1, 0.15) is 6.61 Å². The van der Waals surface area contributed by atoms with Crippen molar-refractivity contribution in [3.05, 3.63) is 29.8 Å². The summed E-state index contributed by atoms with van der Waals surface area (Å²) >= 11 is 0. The van der Waals surface area contributed by atoms with Gasteiger partial charge in [0.25, 0.3) is 10.1 Å². The monoisotopic (exact) mass is 230 g/mol. The molecule has 0 aliphatic heterocycles. The molecule has 0 bridgehead atoms. The molecule has 0 atom stereocenters. The molecular formula is C9H10O5S. The van der Waals surface area contributed by atoms with E-state index in [1.54, 1.807) is 0 Å². The Morgan fingerprint density at radius 2 is 1.87 bits per heavy atom. The molecule has 5 nitrogen and oxygen atoms in total. The van der Waals surface area contributed by atoms with Crippen molar-refractivity contribution in [2.75, 3.05) is 0 Å². The van der Waals surface area contributed by atoms with Crippen molar-refractivity contribution >= 4 is 16.1 Å². The van der Waals surface area contributed by atoms with Crippen molar-refractivity contribution in [2.45, 2.75) is 18.4 Å². The molecule has 0 aromatic heterocycles. The normalized spacial score (nSPS) is 11.1. The molecule has 0 aliphatic carbocycles. The van der Waals surface area contributed by atoms with E-state index in [4.69, 9.17) is 9.29 Å². The summed E-state index contributed by atoms with van der Waals surface area (Å²) in [6, 6.07) is 5.42. The second-order valence-electron chi connectivity index (χ2n) is 2.90. The first-order chi connectivity index (χ1) is 6.89. The number of carbonyl (C=O) groups is 1. The molecule has 6 heteroatoms. The lowest BCUT2D eigenvalue weighted by atomic mass is 10.2. The maximum absolute atomic E-state index is 10.7. The van der Waals surface area contributed by atoms with Crippen LogP contribution in [0.3, 0.4) is 0 Å². The molecule has 1 aromatic rings. The maximum Gasteiger partial charge on any atom is 0.302 e. The molecule has 0 spiro atoms. The smallest absolute Gasteiger partial charge is 0.302 e. The number of carbonyl (C=O) groups excluding carboxylic acids is 1. The summed E-state index contributed by atoms with van der Waals surface area (Å²) in [6.07, 6.45) is 0. The average Bonchev–Trinajstić information content (AvgIpc) is 2.14. The predicted octanol–water partition coefficient (Wildman–Crippen LogP) is 0.996. The van der Waals surface area contributed by atoms with Crippen molar-refractivity contribution in [3.8, 4) is 0 Å². The SMILES string of the molecule is CC(=O)OCc1ccc(S(=O)(=O)O)cc1. The fraction of sp³-hybridized carbons (Fsp3) is 0.222. The van der Waals surface area contributed by atoms with Gasteiger partial charge in [0, 0.05) is 6.92 Å². The molecule has 1 rings (SSSR count). The minimum absolute atomic E-state index is 0.0844. The van der Waals surface area contributed by atoms with Gasteiger partial charge in [-0.15, -0.1) is 0 Å². The Labute approximate surface area is 87.4 Å². The zero-order valence-corrected chi connectivity index (χ0v) is 8.82. The summed E-state index contributed by atoms with van der Waals surface area (Å²) in [5.41, 5.74) is 0.651. The Balaban J connectivity index is 2.77. The van der Waals surface area contributed by atoms with Crippen LogP contribution in [0.1, 0.15) is 12.5 Å². The molecule has 0 fully saturated rings. The van der Waals surface area contributed by atoms with E-state index in [-0.39, 0.29) is 11.5 Å². The van der Waals surface area contributed by atoms with E-state index in [0.717, 1.165) is 0 Å². The van der Waals surface area contributed by atoms with Gasteiger partial charge in [-0.25, -0.2) is 0 Å². The highest BCUT2D eigenvalue weighted by atomic mass is 32.2. The molecule has 0 heterocycles. The first-order valence-electron chi connectivity index (χ1n) is 4.09. The van der Waals surface area contributed by atoms with Crippen LogP contribution < -0.4 is 0 Å². The van der Waals surface area contributed by atoms with Gasteiger partial charge >= 0.3 is 5.97 Å². The van der Waals surface area contributed by atoms with E-state index >= 15 is 0 Å². The minimum atomic E-state index is -4.16. The van der Waals surface area contributed by atoms with E-state index in [2.05, 4.69) is 0 Å². The van der Waals surface area contributed by atoms with Crippen LogP contribution in [-0.4, -0.2) is 18.9 Å². The number of benzene rings is 1. The van der Waals surface area contributed by atoms with Crippen molar-refractivity contribution < 1.29 is 22.5 Å². The van der Waals surface area contributed by atoms with Crippen molar-refractivity contribution in [1.82, 2.24) is 0 Å². The molecule has 0 radical (unpaired) electrons. The third-order valence-electron chi connectivity index (χ3n) is 1.66. The second kappa shape index (κ2) is 4.41. The van der Waals surface area contributed by atoms with Crippen molar-refractivity contribution in [3.63, 3.8) is 0 Å². The van der Waals surface area contributed by atoms with Gasteiger partial charge in [-0.2, -0.15) is 8.42 Å². The fourth-order valence-electron chi connectivity index (χ4n) is 0.943. The van der Waals surface area contributed by atoms with Gasteiger partial charge in [-0.3, -0.25) is 9.35 Å². The third-order valence-corrected chi connectivity index (χ3v) is 2.53. The van der Waals surface area contributed by atoms with Gasteiger partial charge in [0.2, 0.25) is 0 Å².